The Morgan fingerprint density at radius 2 is 1.87 bits per heavy atom. The summed E-state index contributed by atoms with van der Waals surface area (Å²) in [5.74, 6) is -3.49. The van der Waals surface area contributed by atoms with Gasteiger partial charge in [0.05, 0.1) is 18.0 Å². The van der Waals surface area contributed by atoms with Crippen LogP contribution in [0.5, 0.6) is 0 Å². The van der Waals surface area contributed by atoms with Crippen LogP contribution < -0.4 is 5.73 Å². The quantitative estimate of drug-likeness (QED) is 0.168. The number of β-lactam (4-membered cyclic amide) rings is 1. The normalized spacial score (nSPS) is 27.0. The summed E-state index contributed by atoms with van der Waals surface area (Å²) in [4.78, 5) is 64.1. The van der Waals surface area contributed by atoms with Crippen molar-refractivity contribution in [1.29, 1.82) is 0 Å². The number of primary amides is 1. The van der Waals surface area contributed by atoms with Gasteiger partial charge in [-0.1, -0.05) is 38.3 Å². The van der Waals surface area contributed by atoms with E-state index in [4.69, 9.17) is 19.9 Å². The van der Waals surface area contributed by atoms with E-state index in [-0.39, 0.29) is 36.6 Å². The number of carboxylic acids is 1. The number of hydrogen-bond acceptors (Lipinski definition) is 9. The number of amides is 3. The van der Waals surface area contributed by atoms with E-state index in [9.17, 15) is 29.1 Å². The molecule has 12 nitrogen and oxygen atoms in total. The fourth-order valence-electron chi connectivity index (χ4n) is 4.95. The largest absolute Gasteiger partial charge is 0.508 e. The molecular weight excluding hydrogens is 518 g/mol. The summed E-state index contributed by atoms with van der Waals surface area (Å²) >= 11 is 1.27. The Morgan fingerprint density at radius 3 is 2.47 bits per heavy atom. The van der Waals surface area contributed by atoms with Gasteiger partial charge >= 0.3 is 18.2 Å². The lowest BCUT2D eigenvalue weighted by Gasteiger charge is -2.46. The van der Waals surface area contributed by atoms with Crippen LogP contribution in [0, 0.1) is 11.8 Å². The van der Waals surface area contributed by atoms with Crippen LogP contribution >= 0.6 is 11.8 Å². The predicted octanol–water partition coefficient (Wildman–Crippen LogP) is 2.03. The van der Waals surface area contributed by atoms with Gasteiger partial charge in [-0.2, -0.15) is 0 Å². The highest BCUT2D eigenvalue weighted by Gasteiger charge is 2.61. The second kappa shape index (κ2) is 12.2. The highest BCUT2D eigenvalue weighted by atomic mass is 32.2. The van der Waals surface area contributed by atoms with Crippen molar-refractivity contribution in [3.63, 3.8) is 0 Å². The number of carbonyl (C=O) groups excluding carboxylic acids is 4. The SMILES string of the molecule is C=CCOC(=O)O[C@H](C)[C@H]1C(=O)N2C(C(=O)O)=C(S[C@H]3C[C@@H](/C=C\C(N)=O)N(C(=O)OCC=C)C3)[C@H](C)[C@H]12. The van der Waals surface area contributed by atoms with E-state index >= 15 is 0 Å². The molecule has 2 fully saturated rings. The predicted molar refractivity (Wildman–Crippen MR) is 136 cm³/mol. The third-order valence-corrected chi connectivity index (χ3v) is 8.03. The summed E-state index contributed by atoms with van der Waals surface area (Å²) in [6.45, 7) is 10.5. The van der Waals surface area contributed by atoms with Crippen molar-refractivity contribution in [2.24, 2.45) is 17.6 Å². The van der Waals surface area contributed by atoms with Gasteiger partial charge in [-0.05, 0) is 13.3 Å². The zero-order valence-corrected chi connectivity index (χ0v) is 21.9. The Hall–Kier alpha value is -3.74. The van der Waals surface area contributed by atoms with Gasteiger partial charge in [0, 0.05) is 28.7 Å². The van der Waals surface area contributed by atoms with Crippen LogP contribution in [0.3, 0.4) is 0 Å². The van der Waals surface area contributed by atoms with Crippen LogP contribution in [-0.2, 0) is 28.6 Å². The van der Waals surface area contributed by atoms with Gasteiger partial charge in [0.25, 0.3) is 0 Å². The van der Waals surface area contributed by atoms with Crippen molar-refractivity contribution in [3.8, 4) is 0 Å². The molecule has 0 radical (unpaired) electrons. The molecule has 2 saturated heterocycles. The summed E-state index contributed by atoms with van der Waals surface area (Å²) in [6, 6.07) is -1.01. The number of likely N-dealkylation sites (tertiary alicyclic amines) is 1. The molecule has 3 heterocycles. The molecule has 0 spiro atoms. The van der Waals surface area contributed by atoms with Crippen molar-refractivity contribution in [2.75, 3.05) is 19.8 Å². The highest BCUT2D eigenvalue weighted by molar-refractivity contribution is 8.03. The van der Waals surface area contributed by atoms with Gasteiger partial charge < -0.3 is 34.9 Å². The maximum atomic E-state index is 13.0. The summed E-state index contributed by atoms with van der Waals surface area (Å²) < 4.78 is 15.2. The molecule has 13 heteroatoms. The smallest absolute Gasteiger partial charge is 0.477 e. The van der Waals surface area contributed by atoms with E-state index in [0.717, 1.165) is 0 Å². The Morgan fingerprint density at radius 1 is 1.21 bits per heavy atom. The minimum absolute atomic E-state index is 0.00622. The Bertz CT molecular complexity index is 1090. The van der Waals surface area contributed by atoms with E-state index in [1.54, 1.807) is 6.92 Å². The molecule has 0 bridgehead atoms. The van der Waals surface area contributed by atoms with Crippen LogP contribution in [0.15, 0.2) is 48.1 Å². The Kier molecular flexibility index (Phi) is 9.26. The number of nitrogens with zero attached hydrogens (tertiary/aromatic N) is 2. The van der Waals surface area contributed by atoms with Gasteiger partial charge in [0.1, 0.15) is 25.0 Å². The van der Waals surface area contributed by atoms with Crippen LogP contribution in [0.25, 0.3) is 0 Å². The number of nitrogens with two attached hydrogens (primary N) is 1. The molecule has 206 valence electrons. The number of carbonyl (C=O) groups is 5. The van der Waals surface area contributed by atoms with E-state index in [1.807, 2.05) is 6.92 Å². The monoisotopic (exact) mass is 549 g/mol. The van der Waals surface area contributed by atoms with Crippen molar-refractivity contribution < 1.29 is 43.3 Å². The molecule has 38 heavy (non-hydrogen) atoms. The highest BCUT2D eigenvalue weighted by Crippen LogP contribution is 2.52. The van der Waals surface area contributed by atoms with Crippen LogP contribution in [-0.4, -0.2) is 88.1 Å². The summed E-state index contributed by atoms with van der Waals surface area (Å²) in [5.41, 5.74) is 5.10. The summed E-state index contributed by atoms with van der Waals surface area (Å²) in [5, 5.41) is 9.73. The van der Waals surface area contributed by atoms with Crippen molar-refractivity contribution in [1.82, 2.24) is 9.80 Å². The molecule has 0 saturated carbocycles. The lowest BCUT2D eigenvalue weighted by molar-refractivity contribution is -0.164. The number of aliphatic carboxylic acids is 1. The van der Waals surface area contributed by atoms with E-state index in [0.29, 0.717) is 11.3 Å². The molecule has 3 amide bonds. The third-order valence-electron chi connectivity index (χ3n) is 6.54. The molecule has 0 aromatic carbocycles. The van der Waals surface area contributed by atoms with E-state index < -0.39 is 54.1 Å². The number of fused-ring (bicyclic) bond motifs is 1. The maximum absolute atomic E-state index is 13.0. The Balaban J connectivity index is 1.78. The minimum atomic E-state index is -1.25. The molecule has 6 atom stereocenters. The maximum Gasteiger partial charge on any atom is 0.508 e. The van der Waals surface area contributed by atoms with Crippen LogP contribution in [0.1, 0.15) is 20.3 Å². The molecule has 3 N–H and O–H groups in total. The van der Waals surface area contributed by atoms with Crippen molar-refractivity contribution in [3.05, 3.63) is 48.1 Å². The first-order chi connectivity index (χ1) is 18.0. The van der Waals surface area contributed by atoms with Crippen LogP contribution in [0.4, 0.5) is 9.59 Å². The molecule has 0 aromatic rings. The van der Waals surface area contributed by atoms with Gasteiger partial charge in [-0.3, -0.25) is 9.59 Å². The number of hydrogen-bond donors (Lipinski definition) is 2. The second-order valence-corrected chi connectivity index (χ2v) is 10.4. The number of rotatable bonds is 11. The number of thioether (sulfide) groups is 1. The lowest BCUT2D eigenvalue weighted by atomic mass is 9.79. The fourth-order valence-corrected chi connectivity index (χ4v) is 6.49. The van der Waals surface area contributed by atoms with E-state index in [1.165, 1.54) is 45.9 Å². The molecule has 0 unspecified atom stereocenters. The molecule has 0 aliphatic carbocycles. The van der Waals surface area contributed by atoms with Gasteiger partial charge in [-0.15, -0.1) is 11.8 Å². The molecular formula is C25H31N3O9S. The Labute approximate surface area is 224 Å². The lowest BCUT2D eigenvalue weighted by Crippen LogP contribution is -2.64. The average molecular weight is 550 g/mol. The second-order valence-electron chi connectivity index (χ2n) is 9.03. The first kappa shape index (κ1) is 28.8. The van der Waals surface area contributed by atoms with E-state index in [2.05, 4.69) is 13.2 Å². The zero-order valence-electron chi connectivity index (χ0n) is 21.1. The average Bonchev–Trinajstić information content (AvgIpc) is 3.37. The molecule has 3 rings (SSSR count). The van der Waals surface area contributed by atoms with Gasteiger partial charge in [0.2, 0.25) is 11.8 Å². The zero-order chi connectivity index (χ0) is 28.1. The fraction of sp³-hybridized carbons (Fsp3) is 0.480. The van der Waals surface area contributed by atoms with Gasteiger partial charge in [0.15, 0.2) is 0 Å². The summed E-state index contributed by atoms with van der Waals surface area (Å²) in [6.07, 6.45) is 3.50. The van der Waals surface area contributed by atoms with Crippen LogP contribution in [0.2, 0.25) is 0 Å². The minimum Gasteiger partial charge on any atom is -0.477 e. The number of carboxylic acid groups (broad SMARTS) is 1. The van der Waals surface area contributed by atoms with Crippen molar-refractivity contribution >= 4 is 41.8 Å². The van der Waals surface area contributed by atoms with Gasteiger partial charge in [-0.25, -0.2) is 14.4 Å². The molecule has 3 aliphatic heterocycles. The number of ether oxygens (including phenoxy) is 3. The molecule has 3 aliphatic rings. The molecule has 0 aromatic heterocycles. The first-order valence-electron chi connectivity index (χ1n) is 11.9. The topological polar surface area (TPSA) is 166 Å². The summed E-state index contributed by atoms with van der Waals surface area (Å²) in [7, 11) is 0. The van der Waals surface area contributed by atoms with Crippen molar-refractivity contribution in [2.45, 2.75) is 43.7 Å². The third kappa shape index (κ3) is 5.87. The standard InChI is InChI=1S/C25H31N3O9S/c1-5-9-35-24(33)27-12-16(11-15(27)7-8-17(26)29)38-21-13(3)19-18(14(4)37-25(34)36-10-6-2)22(30)28(19)20(21)23(31)32/h5-8,13-16,18-19H,1-2,9-12H2,3-4H3,(H2,26,29)(H,31,32)/b8-7-/t13-,14-,15-,16+,18-,19-/m1/s1. The first-order valence-corrected chi connectivity index (χ1v) is 12.8.